The van der Waals surface area contributed by atoms with E-state index in [0.29, 0.717) is 11.3 Å². The van der Waals surface area contributed by atoms with Crippen molar-refractivity contribution in [2.24, 2.45) is 5.14 Å². The van der Waals surface area contributed by atoms with E-state index in [4.69, 9.17) is 5.14 Å². The molecule has 0 atom stereocenters. The first-order chi connectivity index (χ1) is 8.34. The summed E-state index contributed by atoms with van der Waals surface area (Å²) >= 11 is 0. The first-order valence-electron chi connectivity index (χ1n) is 5.45. The lowest BCUT2D eigenvalue weighted by atomic mass is 10.2. The van der Waals surface area contributed by atoms with Gasteiger partial charge in [0, 0.05) is 11.3 Å². The van der Waals surface area contributed by atoms with E-state index < -0.39 is 10.0 Å². The molecule has 0 spiro atoms. The van der Waals surface area contributed by atoms with Crippen LogP contribution in [-0.4, -0.2) is 14.3 Å². The highest BCUT2D eigenvalue weighted by molar-refractivity contribution is 7.89. The topological polar surface area (TPSA) is 89.3 Å². The number of sulfonamides is 1. The Labute approximate surface area is 107 Å². The summed E-state index contributed by atoms with van der Waals surface area (Å²) in [5.41, 5.74) is 0.980. The lowest BCUT2D eigenvalue weighted by Gasteiger charge is -2.06. The molecule has 1 amide bonds. The van der Waals surface area contributed by atoms with E-state index in [1.54, 1.807) is 19.1 Å². The van der Waals surface area contributed by atoms with Gasteiger partial charge in [-0.25, -0.2) is 13.6 Å². The maximum absolute atomic E-state index is 11.7. The lowest BCUT2D eigenvalue weighted by molar-refractivity contribution is -0.112. The summed E-state index contributed by atoms with van der Waals surface area (Å²) < 4.78 is 22.3. The SMILES string of the molecule is CC/C=C(/C)C(=O)Nc1cccc(S(N)(=O)=O)c1. The van der Waals surface area contributed by atoms with Gasteiger partial charge in [0.05, 0.1) is 4.90 Å². The molecular weight excluding hydrogens is 252 g/mol. The van der Waals surface area contributed by atoms with Crippen LogP contribution >= 0.6 is 0 Å². The van der Waals surface area contributed by atoms with Crippen LogP contribution in [0.4, 0.5) is 5.69 Å². The molecule has 1 aromatic carbocycles. The number of amides is 1. The van der Waals surface area contributed by atoms with Gasteiger partial charge in [-0.3, -0.25) is 4.79 Å². The molecule has 0 aliphatic rings. The molecule has 1 aromatic rings. The number of nitrogens with two attached hydrogens (primary N) is 1. The third-order valence-corrected chi connectivity index (χ3v) is 3.20. The van der Waals surface area contributed by atoms with Crippen molar-refractivity contribution in [2.75, 3.05) is 5.32 Å². The van der Waals surface area contributed by atoms with Crippen LogP contribution in [0.1, 0.15) is 20.3 Å². The van der Waals surface area contributed by atoms with Crippen LogP contribution in [0.5, 0.6) is 0 Å². The number of carbonyl (C=O) groups excluding carboxylic acids is 1. The van der Waals surface area contributed by atoms with Gasteiger partial charge in [-0.15, -0.1) is 0 Å². The molecule has 0 unspecified atom stereocenters. The summed E-state index contributed by atoms with van der Waals surface area (Å²) in [6.45, 7) is 3.63. The van der Waals surface area contributed by atoms with Crippen molar-refractivity contribution < 1.29 is 13.2 Å². The molecule has 0 saturated carbocycles. The van der Waals surface area contributed by atoms with Gasteiger partial charge in [0.25, 0.3) is 5.91 Å². The van der Waals surface area contributed by atoms with Gasteiger partial charge < -0.3 is 5.32 Å². The largest absolute Gasteiger partial charge is 0.322 e. The Morgan fingerprint density at radius 1 is 1.44 bits per heavy atom. The van der Waals surface area contributed by atoms with Crippen molar-refractivity contribution in [3.05, 3.63) is 35.9 Å². The highest BCUT2D eigenvalue weighted by Crippen LogP contribution is 2.14. The number of carbonyl (C=O) groups is 1. The van der Waals surface area contributed by atoms with E-state index in [1.165, 1.54) is 18.2 Å². The van der Waals surface area contributed by atoms with Crippen LogP contribution in [0.2, 0.25) is 0 Å². The van der Waals surface area contributed by atoms with Crippen LogP contribution in [0.15, 0.2) is 40.8 Å². The molecule has 0 saturated heterocycles. The monoisotopic (exact) mass is 268 g/mol. The van der Waals surface area contributed by atoms with E-state index in [1.807, 2.05) is 6.92 Å². The normalized spacial score (nSPS) is 12.3. The third kappa shape index (κ3) is 3.97. The molecule has 0 aliphatic heterocycles. The Hall–Kier alpha value is -1.66. The zero-order valence-electron chi connectivity index (χ0n) is 10.3. The standard InChI is InChI=1S/C12H16N2O3S/c1-3-5-9(2)12(15)14-10-6-4-7-11(8-10)18(13,16)17/h4-8H,3H2,1-2H3,(H,14,15)(H2,13,16,17)/b9-5-. The number of benzene rings is 1. The van der Waals surface area contributed by atoms with E-state index in [9.17, 15) is 13.2 Å². The number of rotatable bonds is 4. The Bertz CT molecular complexity index is 577. The predicted octanol–water partition coefficient (Wildman–Crippen LogP) is 1.63. The fourth-order valence-electron chi connectivity index (χ4n) is 1.38. The number of hydrogen-bond donors (Lipinski definition) is 2. The molecule has 98 valence electrons. The quantitative estimate of drug-likeness (QED) is 0.813. The van der Waals surface area contributed by atoms with Crippen molar-refractivity contribution in [1.82, 2.24) is 0 Å². The first-order valence-corrected chi connectivity index (χ1v) is 7.00. The minimum absolute atomic E-state index is 0.0302. The number of hydrogen-bond acceptors (Lipinski definition) is 3. The zero-order chi connectivity index (χ0) is 13.8. The summed E-state index contributed by atoms with van der Waals surface area (Å²) in [5.74, 6) is -0.261. The molecule has 18 heavy (non-hydrogen) atoms. The van der Waals surface area contributed by atoms with Gasteiger partial charge in [0.2, 0.25) is 10.0 Å². The second-order valence-electron chi connectivity index (χ2n) is 3.82. The fraction of sp³-hybridized carbons (Fsp3) is 0.250. The fourth-order valence-corrected chi connectivity index (χ4v) is 1.94. The summed E-state index contributed by atoms with van der Waals surface area (Å²) in [6.07, 6.45) is 2.55. The van der Waals surface area contributed by atoms with Crippen LogP contribution < -0.4 is 10.5 Å². The van der Waals surface area contributed by atoms with Crippen molar-refractivity contribution in [2.45, 2.75) is 25.2 Å². The average Bonchev–Trinajstić information content (AvgIpc) is 2.28. The third-order valence-electron chi connectivity index (χ3n) is 2.29. The van der Waals surface area contributed by atoms with Gasteiger partial charge in [-0.2, -0.15) is 0 Å². The molecule has 3 N–H and O–H groups in total. The van der Waals surface area contributed by atoms with Crippen LogP contribution in [-0.2, 0) is 14.8 Å². The minimum Gasteiger partial charge on any atom is -0.322 e. The van der Waals surface area contributed by atoms with Crippen LogP contribution in [0.25, 0.3) is 0 Å². The van der Waals surface area contributed by atoms with E-state index in [-0.39, 0.29) is 10.8 Å². The van der Waals surface area contributed by atoms with Crippen LogP contribution in [0, 0.1) is 0 Å². The van der Waals surface area contributed by atoms with Crippen molar-refractivity contribution in [1.29, 1.82) is 0 Å². The number of allylic oxidation sites excluding steroid dienone is 1. The Morgan fingerprint density at radius 3 is 2.67 bits per heavy atom. The van der Waals surface area contributed by atoms with E-state index in [2.05, 4.69) is 5.32 Å². The molecule has 6 heteroatoms. The molecular formula is C12H16N2O3S. The molecule has 5 nitrogen and oxygen atoms in total. The summed E-state index contributed by atoms with van der Waals surface area (Å²) in [7, 11) is -3.76. The maximum atomic E-state index is 11.7. The highest BCUT2D eigenvalue weighted by Gasteiger charge is 2.09. The Kier molecular flexibility index (Phi) is 4.63. The summed E-state index contributed by atoms with van der Waals surface area (Å²) in [6, 6.07) is 5.83. The average molecular weight is 268 g/mol. The van der Waals surface area contributed by atoms with Gasteiger partial charge in [0.15, 0.2) is 0 Å². The number of nitrogens with one attached hydrogen (secondary N) is 1. The smallest absolute Gasteiger partial charge is 0.250 e. The molecule has 0 bridgehead atoms. The summed E-state index contributed by atoms with van der Waals surface area (Å²) in [4.78, 5) is 11.7. The van der Waals surface area contributed by atoms with Crippen molar-refractivity contribution in [3.63, 3.8) is 0 Å². The molecule has 0 fully saturated rings. The van der Waals surface area contributed by atoms with E-state index in [0.717, 1.165) is 6.42 Å². The summed E-state index contributed by atoms with van der Waals surface area (Å²) in [5, 5.41) is 7.62. The van der Waals surface area contributed by atoms with Crippen molar-refractivity contribution >= 4 is 21.6 Å². The first kappa shape index (κ1) is 14.4. The minimum atomic E-state index is -3.76. The highest BCUT2D eigenvalue weighted by atomic mass is 32.2. The van der Waals surface area contributed by atoms with Crippen molar-refractivity contribution in [3.8, 4) is 0 Å². The van der Waals surface area contributed by atoms with Crippen LogP contribution in [0.3, 0.4) is 0 Å². The lowest BCUT2D eigenvalue weighted by Crippen LogP contribution is -2.15. The Balaban J connectivity index is 2.93. The number of primary sulfonamides is 1. The Morgan fingerprint density at radius 2 is 2.11 bits per heavy atom. The maximum Gasteiger partial charge on any atom is 0.250 e. The predicted molar refractivity (Wildman–Crippen MR) is 70.5 cm³/mol. The molecule has 0 aliphatic carbocycles. The molecule has 0 aromatic heterocycles. The molecule has 1 rings (SSSR count). The zero-order valence-corrected chi connectivity index (χ0v) is 11.1. The number of anilines is 1. The second kappa shape index (κ2) is 5.79. The van der Waals surface area contributed by atoms with Gasteiger partial charge in [-0.05, 0) is 31.5 Å². The van der Waals surface area contributed by atoms with E-state index >= 15 is 0 Å². The van der Waals surface area contributed by atoms with Gasteiger partial charge in [-0.1, -0.05) is 19.1 Å². The van der Waals surface area contributed by atoms with Gasteiger partial charge >= 0.3 is 0 Å². The second-order valence-corrected chi connectivity index (χ2v) is 5.38. The van der Waals surface area contributed by atoms with Gasteiger partial charge in [0.1, 0.15) is 0 Å². The molecule has 0 heterocycles. The molecule has 0 radical (unpaired) electrons.